The number of piperazine rings is 1. The molecule has 1 aliphatic rings. The summed E-state index contributed by atoms with van der Waals surface area (Å²) in [5.74, 6) is 1.15. The van der Waals surface area contributed by atoms with Gasteiger partial charge in [-0.05, 0) is 12.5 Å². The zero-order valence-electron chi connectivity index (χ0n) is 12.6. The molecular weight excluding hydrogens is 292 g/mol. The van der Waals surface area contributed by atoms with Gasteiger partial charge in [0.05, 0.1) is 25.3 Å². The first kappa shape index (κ1) is 16.4. The molecule has 1 saturated heterocycles. The van der Waals surface area contributed by atoms with Crippen LogP contribution in [0.4, 0.5) is 0 Å². The Hall–Kier alpha value is -1.01. The minimum absolute atomic E-state index is 0.500. The molecule has 1 atom stereocenters. The zero-order chi connectivity index (χ0) is 15.2. The summed E-state index contributed by atoms with van der Waals surface area (Å²) in [4.78, 5) is 2.34. The Morgan fingerprint density at radius 3 is 2.48 bits per heavy atom. The predicted octanol–water partition coefficient (Wildman–Crippen LogP) is 1.69. The lowest BCUT2D eigenvalue weighted by atomic mass is 10.1. The van der Waals surface area contributed by atoms with E-state index in [1.807, 2.05) is 0 Å². The second-order valence-corrected chi connectivity index (χ2v) is 5.53. The molecule has 0 aliphatic carbocycles. The predicted molar refractivity (Wildman–Crippen MR) is 83.4 cm³/mol. The van der Waals surface area contributed by atoms with E-state index in [-0.39, 0.29) is 0 Å². The molecule has 5 nitrogen and oxygen atoms in total. The number of ether oxygens (including phenoxy) is 2. The Kier molecular flexibility index (Phi) is 6.11. The van der Waals surface area contributed by atoms with Crippen LogP contribution in [0.3, 0.4) is 0 Å². The molecule has 1 aromatic carbocycles. The van der Waals surface area contributed by atoms with E-state index in [0.29, 0.717) is 28.5 Å². The zero-order valence-corrected chi connectivity index (χ0v) is 13.3. The van der Waals surface area contributed by atoms with E-state index in [1.165, 1.54) is 0 Å². The van der Waals surface area contributed by atoms with Gasteiger partial charge >= 0.3 is 0 Å². The summed E-state index contributed by atoms with van der Waals surface area (Å²) in [5.41, 5.74) is 0.685. The van der Waals surface area contributed by atoms with Crippen LogP contribution in [-0.4, -0.2) is 56.9 Å². The standard InChI is InChI=1S/C15H23ClN2O3/c1-20-14-9-11(12(16)10-15(14)21-2)13(19)3-6-18-7-4-17-5-8-18/h9-10,13,17,19H,3-8H2,1-2H3. The molecule has 1 heterocycles. The average molecular weight is 315 g/mol. The van der Waals surface area contributed by atoms with Crippen molar-refractivity contribution in [1.82, 2.24) is 10.2 Å². The molecular formula is C15H23ClN2O3. The number of halogens is 1. The van der Waals surface area contributed by atoms with Crippen molar-refractivity contribution in [1.29, 1.82) is 0 Å². The first-order valence-electron chi connectivity index (χ1n) is 7.18. The van der Waals surface area contributed by atoms with E-state index in [2.05, 4.69) is 10.2 Å². The van der Waals surface area contributed by atoms with Crippen LogP contribution in [0, 0.1) is 0 Å². The van der Waals surface area contributed by atoms with Gasteiger partial charge in [0.25, 0.3) is 0 Å². The summed E-state index contributed by atoms with van der Waals surface area (Å²) in [6.07, 6.45) is 0.0436. The van der Waals surface area contributed by atoms with Crippen LogP contribution in [-0.2, 0) is 0 Å². The van der Waals surface area contributed by atoms with Gasteiger partial charge in [-0.15, -0.1) is 0 Å². The molecule has 118 valence electrons. The van der Waals surface area contributed by atoms with Gasteiger partial charge in [-0.25, -0.2) is 0 Å². The van der Waals surface area contributed by atoms with Crippen LogP contribution in [0.5, 0.6) is 11.5 Å². The maximum Gasteiger partial charge on any atom is 0.162 e. The molecule has 0 aromatic heterocycles. The summed E-state index contributed by atoms with van der Waals surface area (Å²) in [6, 6.07) is 3.44. The molecule has 21 heavy (non-hydrogen) atoms. The van der Waals surface area contributed by atoms with Crippen molar-refractivity contribution < 1.29 is 14.6 Å². The molecule has 0 radical (unpaired) electrons. The van der Waals surface area contributed by atoms with Crippen molar-refractivity contribution in [3.63, 3.8) is 0 Å². The Bertz CT molecular complexity index is 464. The largest absolute Gasteiger partial charge is 0.493 e. The number of hydrogen-bond acceptors (Lipinski definition) is 5. The lowest BCUT2D eigenvalue weighted by Gasteiger charge is -2.28. The van der Waals surface area contributed by atoms with E-state index < -0.39 is 6.10 Å². The number of aliphatic hydroxyl groups excluding tert-OH is 1. The van der Waals surface area contributed by atoms with Gasteiger partial charge in [0.1, 0.15) is 0 Å². The third-order valence-electron chi connectivity index (χ3n) is 3.79. The Labute approximate surface area is 130 Å². The fourth-order valence-electron chi connectivity index (χ4n) is 2.52. The number of rotatable bonds is 6. The van der Waals surface area contributed by atoms with Crippen molar-refractivity contribution in [3.8, 4) is 11.5 Å². The van der Waals surface area contributed by atoms with Crippen LogP contribution in [0.2, 0.25) is 5.02 Å². The van der Waals surface area contributed by atoms with Crippen molar-refractivity contribution in [2.24, 2.45) is 0 Å². The maximum atomic E-state index is 10.4. The normalized spacial score (nSPS) is 17.5. The van der Waals surface area contributed by atoms with Crippen LogP contribution < -0.4 is 14.8 Å². The summed E-state index contributed by atoms with van der Waals surface area (Å²) in [5, 5.41) is 14.2. The van der Waals surface area contributed by atoms with Gasteiger partial charge in [0, 0.05) is 44.4 Å². The summed E-state index contributed by atoms with van der Waals surface area (Å²) in [6.45, 7) is 4.91. The fraction of sp³-hybridized carbons (Fsp3) is 0.600. The quantitative estimate of drug-likeness (QED) is 0.837. The molecule has 1 aromatic rings. The minimum atomic E-state index is -0.604. The topological polar surface area (TPSA) is 54.0 Å². The Morgan fingerprint density at radius 2 is 1.86 bits per heavy atom. The van der Waals surface area contributed by atoms with Gasteiger partial charge in [0.15, 0.2) is 11.5 Å². The summed E-state index contributed by atoms with van der Waals surface area (Å²) in [7, 11) is 3.14. The van der Waals surface area contributed by atoms with Crippen molar-refractivity contribution >= 4 is 11.6 Å². The fourth-order valence-corrected chi connectivity index (χ4v) is 2.80. The SMILES string of the molecule is COc1cc(Cl)c(C(O)CCN2CCNCC2)cc1OC. The molecule has 6 heteroatoms. The second-order valence-electron chi connectivity index (χ2n) is 5.12. The highest BCUT2D eigenvalue weighted by molar-refractivity contribution is 6.31. The molecule has 2 N–H and O–H groups in total. The highest BCUT2D eigenvalue weighted by Gasteiger charge is 2.18. The highest BCUT2D eigenvalue weighted by Crippen LogP contribution is 2.36. The summed E-state index contributed by atoms with van der Waals surface area (Å²) >= 11 is 6.23. The molecule has 0 bridgehead atoms. The van der Waals surface area contributed by atoms with Gasteiger partial charge in [0.2, 0.25) is 0 Å². The van der Waals surface area contributed by atoms with Crippen molar-refractivity contribution in [2.75, 3.05) is 46.9 Å². The third kappa shape index (κ3) is 4.23. The van der Waals surface area contributed by atoms with Crippen molar-refractivity contribution in [3.05, 3.63) is 22.7 Å². The number of nitrogens with zero attached hydrogens (tertiary/aromatic N) is 1. The van der Waals surface area contributed by atoms with Crippen LogP contribution in [0.15, 0.2) is 12.1 Å². The monoisotopic (exact) mass is 314 g/mol. The molecule has 2 rings (SSSR count). The van der Waals surface area contributed by atoms with E-state index in [0.717, 1.165) is 32.7 Å². The smallest absolute Gasteiger partial charge is 0.162 e. The van der Waals surface area contributed by atoms with E-state index >= 15 is 0 Å². The lowest BCUT2D eigenvalue weighted by Crippen LogP contribution is -2.44. The van der Waals surface area contributed by atoms with Crippen LogP contribution in [0.1, 0.15) is 18.1 Å². The molecule has 0 amide bonds. The van der Waals surface area contributed by atoms with E-state index in [4.69, 9.17) is 21.1 Å². The number of methoxy groups -OCH3 is 2. The molecule has 0 saturated carbocycles. The third-order valence-corrected chi connectivity index (χ3v) is 4.12. The minimum Gasteiger partial charge on any atom is -0.493 e. The van der Waals surface area contributed by atoms with Crippen LogP contribution in [0.25, 0.3) is 0 Å². The first-order valence-corrected chi connectivity index (χ1v) is 7.56. The van der Waals surface area contributed by atoms with E-state index in [1.54, 1.807) is 26.4 Å². The molecule has 1 aliphatic heterocycles. The second kappa shape index (κ2) is 7.84. The van der Waals surface area contributed by atoms with Gasteiger partial charge in [-0.2, -0.15) is 0 Å². The number of aliphatic hydroxyl groups is 1. The maximum absolute atomic E-state index is 10.4. The van der Waals surface area contributed by atoms with Gasteiger partial charge in [-0.1, -0.05) is 11.6 Å². The lowest BCUT2D eigenvalue weighted by molar-refractivity contribution is 0.136. The van der Waals surface area contributed by atoms with Crippen LogP contribution >= 0.6 is 11.6 Å². The molecule has 0 spiro atoms. The molecule has 1 fully saturated rings. The van der Waals surface area contributed by atoms with Gasteiger partial charge < -0.3 is 24.8 Å². The number of hydrogen-bond donors (Lipinski definition) is 2. The Morgan fingerprint density at radius 1 is 1.24 bits per heavy atom. The Balaban J connectivity index is 2.02. The number of nitrogens with one attached hydrogen (secondary N) is 1. The molecule has 1 unspecified atom stereocenters. The first-order chi connectivity index (χ1) is 10.2. The summed E-state index contributed by atoms with van der Waals surface area (Å²) < 4.78 is 10.5. The average Bonchev–Trinajstić information content (AvgIpc) is 2.53. The number of benzene rings is 1. The van der Waals surface area contributed by atoms with Gasteiger partial charge in [-0.3, -0.25) is 0 Å². The highest BCUT2D eigenvalue weighted by atomic mass is 35.5. The van der Waals surface area contributed by atoms with E-state index in [9.17, 15) is 5.11 Å². The van der Waals surface area contributed by atoms with Crippen molar-refractivity contribution in [2.45, 2.75) is 12.5 Å².